The fourth-order valence-electron chi connectivity index (χ4n) is 3.13. The molecule has 0 aliphatic carbocycles. The summed E-state index contributed by atoms with van der Waals surface area (Å²) in [5.74, 6) is 0.342. The van der Waals surface area contributed by atoms with Crippen molar-refractivity contribution in [1.29, 1.82) is 0 Å². The fourth-order valence-corrected chi connectivity index (χ4v) is 4.01. The van der Waals surface area contributed by atoms with E-state index in [1.54, 1.807) is 12.4 Å². The summed E-state index contributed by atoms with van der Waals surface area (Å²) >= 11 is 1.31. The number of thiazole rings is 1. The third-order valence-corrected chi connectivity index (χ3v) is 5.85. The number of ether oxygens (including phenoxy) is 1. The number of aryl methyl sites for hydroxylation is 1. The van der Waals surface area contributed by atoms with Crippen molar-refractivity contribution in [2.24, 2.45) is 0 Å². The lowest BCUT2D eigenvalue weighted by atomic mass is 10.0. The molecule has 0 saturated heterocycles. The normalized spacial score (nSPS) is 11.8. The maximum absolute atomic E-state index is 12.1. The Morgan fingerprint density at radius 1 is 1.19 bits per heavy atom. The van der Waals surface area contributed by atoms with Crippen LogP contribution in [-0.2, 0) is 13.1 Å². The van der Waals surface area contributed by atoms with Crippen LogP contribution in [0.3, 0.4) is 0 Å². The summed E-state index contributed by atoms with van der Waals surface area (Å²) in [6.45, 7) is 5.12. The topological polar surface area (TPSA) is 81.9 Å². The lowest BCUT2D eigenvalue weighted by Crippen LogP contribution is -2.26. The summed E-state index contributed by atoms with van der Waals surface area (Å²) in [6, 6.07) is 16.0. The van der Waals surface area contributed by atoms with Gasteiger partial charge in [0, 0.05) is 37.6 Å². The minimum atomic E-state index is -0.524. The summed E-state index contributed by atoms with van der Waals surface area (Å²) in [7, 11) is 0. The molecule has 1 atom stereocenters. The van der Waals surface area contributed by atoms with Gasteiger partial charge in [0.1, 0.15) is 10.7 Å². The Kier molecular flexibility index (Phi) is 6.37. The molecular weight excluding hydrogens is 410 g/mol. The SMILES string of the molecule is Cc1nc(-c2ccn(CC(C)c3ccccc3)n2)sc1OC(=O)NCc1cccnc1. The van der Waals surface area contributed by atoms with Crippen molar-refractivity contribution in [2.45, 2.75) is 32.9 Å². The summed E-state index contributed by atoms with van der Waals surface area (Å²) in [5, 5.41) is 8.56. The Bertz CT molecular complexity index is 1140. The molecule has 0 aliphatic rings. The Balaban J connectivity index is 1.38. The minimum Gasteiger partial charge on any atom is -0.397 e. The standard InChI is InChI=1S/C23H23N5O2S/c1-16(19-8-4-3-5-9-19)15-28-12-10-20(27-28)21-26-17(2)22(31-21)30-23(29)25-14-18-7-6-11-24-13-18/h3-13,16H,14-15H2,1-2H3,(H,25,29). The van der Waals surface area contributed by atoms with Crippen LogP contribution in [0, 0.1) is 6.92 Å². The lowest BCUT2D eigenvalue weighted by Gasteiger charge is -2.11. The van der Waals surface area contributed by atoms with Crippen LogP contribution in [0.4, 0.5) is 4.79 Å². The predicted molar refractivity (Wildman–Crippen MR) is 120 cm³/mol. The predicted octanol–water partition coefficient (Wildman–Crippen LogP) is 4.80. The lowest BCUT2D eigenvalue weighted by molar-refractivity contribution is 0.201. The first-order valence-corrected chi connectivity index (χ1v) is 10.8. The van der Waals surface area contributed by atoms with Gasteiger partial charge >= 0.3 is 6.09 Å². The summed E-state index contributed by atoms with van der Waals surface area (Å²) < 4.78 is 7.37. The number of carbonyl (C=O) groups is 1. The van der Waals surface area contributed by atoms with Crippen molar-refractivity contribution in [2.75, 3.05) is 0 Å². The van der Waals surface area contributed by atoms with Crippen molar-refractivity contribution in [3.8, 4) is 15.8 Å². The molecule has 0 spiro atoms. The number of nitrogens with one attached hydrogen (secondary N) is 1. The number of carbonyl (C=O) groups excluding carboxylic acids is 1. The zero-order chi connectivity index (χ0) is 21.6. The maximum atomic E-state index is 12.1. The second kappa shape index (κ2) is 9.53. The van der Waals surface area contributed by atoms with Crippen LogP contribution >= 0.6 is 11.3 Å². The van der Waals surface area contributed by atoms with Crippen molar-refractivity contribution in [3.63, 3.8) is 0 Å². The largest absolute Gasteiger partial charge is 0.413 e. The molecule has 3 heterocycles. The molecule has 158 valence electrons. The molecule has 1 N–H and O–H groups in total. The second-order valence-electron chi connectivity index (χ2n) is 7.23. The molecule has 31 heavy (non-hydrogen) atoms. The van der Waals surface area contributed by atoms with E-state index in [4.69, 9.17) is 4.74 Å². The number of hydrogen-bond donors (Lipinski definition) is 1. The van der Waals surface area contributed by atoms with Crippen LogP contribution in [0.2, 0.25) is 0 Å². The molecule has 0 radical (unpaired) electrons. The third-order valence-electron chi connectivity index (χ3n) is 4.79. The highest BCUT2D eigenvalue weighted by molar-refractivity contribution is 7.17. The molecule has 0 fully saturated rings. The maximum Gasteiger partial charge on any atom is 0.413 e. The molecule has 4 aromatic rings. The Morgan fingerprint density at radius 2 is 2.03 bits per heavy atom. The Labute approximate surface area is 184 Å². The second-order valence-corrected chi connectivity index (χ2v) is 8.19. The Hall–Kier alpha value is -3.52. The number of rotatable bonds is 7. The van der Waals surface area contributed by atoms with Gasteiger partial charge in [-0.15, -0.1) is 0 Å². The van der Waals surface area contributed by atoms with E-state index in [1.807, 2.05) is 54.2 Å². The first-order valence-electron chi connectivity index (χ1n) is 9.99. The van der Waals surface area contributed by atoms with Gasteiger partial charge in [-0.3, -0.25) is 9.67 Å². The van der Waals surface area contributed by atoms with E-state index in [2.05, 4.69) is 39.4 Å². The van der Waals surface area contributed by atoms with Crippen LogP contribution < -0.4 is 10.1 Å². The van der Waals surface area contributed by atoms with Crippen LogP contribution in [0.1, 0.15) is 29.7 Å². The first kappa shape index (κ1) is 20.7. The number of hydrogen-bond acceptors (Lipinski definition) is 6. The summed E-state index contributed by atoms with van der Waals surface area (Å²) in [5.41, 5.74) is 3.59. The molecule has 0 bridgehead atoms. The molecule has 4 rings (SSSR count). The molecule has 3 aromatic heterocycles. The average Bonchev–Trinajstić information content (AvgIpc) is 3.40. The van der Waals surface area contributed by atoms with Crippen molar-refractivity contribution >= 4 is 17.4 Å². The molecule has 7 nitrogen and oxygen atoms in total. The monoisotopic (exact) mass is 433 g/mol. The summed E-state index contributed by atoms with van der Waals surface area (Å²) in [4.78, 5) is 20.7. The third kappa shape index (κ3) is 5.35. The summed E-state index contributed by atoms with van der Waals surface area (Å²) in [6.07, 6.45) is 4.82. The molecule has 1 aromatic carbocycles. The van der Waals surface area contributed by atoms with Crippen LogP contribution in [0.5, 0.6) is 5.06 Å². The van der Waals surface area contributed by atoms with Crippen LogP contribution in [0.15, 0.2) is 67.1 Å². The molecule has 1 amide bonds. The van der Waals surface area contributed by atoms with Gasteiger partial charge in [-0.2, -0.15) is 5.10 Å². The number of pyridine rings is 1. The highest BCUT2D eigenvalue weighted by atomic mass is 32.1. The van der Waals surface area contributed by atoms with Gasteiger partial charge in [-0.05, 0) is 30.2 Å². The average molecular weight is 434 g/mol. The minimum absolute atomic E-state index is 0.342. The number of amides is 1. The quantitative estimate of drug-likeness (QED) is 0.453. The van der Waals surface area contributed by atoms with Gasteiger partial charge in [-0.1, -0.05) is 54.7 Å². The molecule has 0 aliphatic heterocycles. The van der Waals surface area contributed by atoms with Gasteiger partial charge in [0.25, 0.3) is 0 Å². The molecule has 8 heteroatoms. The molecule has 1 unspecified atom stereocenters. The van der Waals surface area contributed by atoms with E-state index in [0.717, 1.165) is 22.8 Å². The van der Waals surface area contributed by atoms with Gasteiger partial charge in [0.15, 0.2) is 0 Å². The zero-order valence-electron chi connectivity index (χ0n) is 17.4. The smallest absolute Gasteiger partial charge is 0.397 e. The van der Waals surface area contributed by atoms with Crippen LogP contribution in [-0.4, -0.2) is 25.8 Å². The highest BCUT2D eigenvalue weighted by Gasteiger charge is 2.16. The van der Waals surface area contributed by atoms with Crippen LogP contribution in [0.25, 0.3) is 10.7 Å². The first-order chi connectivity index (χ1) is 15.1. The van der Waals surface area contributed by atoms with Gasteiger partial charge < -0.3 is 10.1 Å². The van der Waals surface area contributed by atoms with E-state index < -0.39 is 6.09 Å². The number of benzene rings is 1. The van der Waals surface area contributed by atoms with Crippen molar-refractivity contribution < 1.29 is 9.53 Å². The van der Waals surface area contributed by atoms with Crippen molar-refractivity contribution in [1.82, 2.24) is 25.1 Å². The highest BCUT2D eigenvalue weighted by Crippen LogP contribution is 2.33. The van der Waals surface area contributed by atoms with E-state index in [-0.39, 0.29) is 0 Å². The number of nitrogens with zero attached hydrogens (tertiary/aromatic N) is 4. The van der Waals surface area contributed by atoms with Gasteiger partial charge in [-0.25, -0.2) is 9.78 Å². The van der Waals surface area contributed by atoms with Gasteiger partial charge in [0.2, 0.25) is 5.06 Å². The van der Waals surface area contributed by atoms with E-state index in [9.17, 15) is 4.79 Å². The van der Waals surface area contributed by atoms with Crippen molar-refractivity contribution in [3.05, 3.63) is 83.9 Å². The molecular formula is C23H23N5O2S. The molecule has 0 saturated carbocycles. The zero-order valence-corrected chi connectivity index (χ0v) is 18.2. The van der Waals surface area contributed by atoms with Gasteiger partial charge in [0.05, 0.1) is 5.69 Å². The van der Waals surface area contributed by atoms with E-state index >= 15 is 0 Å². The van der Waals surface area contributed by atoms with E-state index in [1.165, 1.54) is 16.9 Å². The Morgan fingerprint density at radius 3 is 2.81 bits per heavy atom. The fraction of sp³-hybridized carbons (Fsp3) is 0.217. The number of aromatic nitrogens is 4. The van der Waals surface area contributed by atoms with E-state index in [0.29, 0.717) is 23.2 Å².